The number of hydrogen-bond donors (Lipinski definition) is 0. The van der Waals surface area contributed by atoms with Crippen LogP contribution in [0, 0.1) is 0 Å². The van der Waals surface area contributed by atoms with Crippen LogP contribution < -0.4 is 0 Å². The molecule has 78 valence electrons. The van der Waals surface area contributed by atoms with E-state index in [2.05, 4.69) is 0 Å². The first-order chi connectivity index (χ1) is 7.11. The van der Waals surface area contributed by atoms with Gasteiger partial charge in [0.25, 0.3) is 0 Å². The van der Waals surface area contributed by atoms with Gasteiger partial charge in [-0.05, 0) is 18.2 Å². The zero-order chi connectivity index (χ0) is 11.0. The molecule has 0 saturated heterocycles. The van der Waals surface area contributed by atoms with Gasteiger partial charge in [0.05, 0.1) is 25.8 Å². The fourth-order valence-electron chi connectivity index (χ4n) is 1.27. The van der Waals surface area contributed by atoms with Gasteiger partial charge >= 0.3 is 0 Å². The van der Waals surface area contributed by atoms with E-state index < -0.39 is 0 Å². The number of halogens is 4. The third kappa shape index (κ3) is 1.98. The summed E-state index contributed by atoms with van der Waals surface area (Å²) in [6, 6.07) is 5.25. The highest BCUT2D eigenvalue weighted by Gasteiger charge is 2.14. The molecule has 0 radical (unpaired) electrons. The van der Waals surface area contributed by atoms with Crippen LogP contribution in [0.15, 0.2) is 30.6 Å². The Morgan fingerprint density at radius 3 is 1.73 bits per heavy atom. The molecule has 0 atom stereocenters. The van der Waals surface area contributed by atoms with Crippen LogP contribution in [0.25, 0.3) is 5.69 Å². The van der Waals surface area contributed by atoms with Crippen molar-refractivity contribution in [1.82, 2.24) is 4.57 Å². The first kappa shape index (κ1) is 11.2. The fraction of sp³-hybridized carbons (Fsp3) is 0. The van der Waals surface area contributed by atoms with E-state index in [9.17, 15) is 0 Å². The molecule has 0 amide bonds. The van der Waals surface area contributed by atoms with Crippen LogP contribution in [0.1, 0.15) is 0 Å². The zero-order valence-corrected chi connectivity index (χ0v) is 10.4. The summed E-state index contributed by atoms with van der Waals surface area (Å²) in [5.41, 5.74) is 0.598. The Balaban J connectivity index is 2.75. The lowest BCUT2D eigenvalue weighted by Gasteiger charge is -2.11. The molecule has 0 fully saturated rings. The van der Waals surface area contributed by atoms with Gasteiger partial charge in [-0.2, -0.15) is 0 Å². The van der Waals surface area contributed by atoms with E-state index in [1.54, 1.807) is 4.57 Å². The third-order valence-electron chi connectivity index (χ3n) is 1.95. The molecule has 1 nitrogen and oxygen atoms in total. The van der Waals surface area contributed by atoms with Gasteiger partial charge in [0.1, 0.15) is 0 Å². The van der Waals surface area contributed by atoms with E-state index in [-0.39, 0.29) is 0 Å². The van der Waals surface area contributed by atoms with Crippen LogP contribution in [-0.2, 0) is 0 Å². The molecule has 0 aliphatic rings. The minimum Gasteiger partial charge on any atom is -0.321 e. The lowest BCUT2D eigenvalue weighted by Crippen LogP contribution is -1.93. The number of nitrogens with zero attached hydrogens (tertiary/aromatic N) is 1. The SMILES string of the molecule is Clc1cc(Cl)c(Cl)c(-n2cccc2)c1Cl. The Labute approximate surface area is 107 Å². The Hall–Kier alpha value is -0.340. The predicted molar refractivity (Wildman–Crippen MR) is 65.8 cm³/mol. The molecule has 0 unspecified atom stereocenters. The van der Waals surface area contributed by atoms with Gasteiger partial charge < -0.3 is 4.57 Å². The summed E-state index contributed by atoms with van der Waals surface area (Å²) >= 11 is 24.0. The van der Waals surface area contributed by atoms with Crippen molar-refractivity contribution in [3.8, 4) is 5.69 Å². The van der Waals surface area contributed by atoms with Crippen molar-refractivity contribution in [2.24, 2.45) is 0 Å². The summed E-state index contributed by atoms with van der Waals surface area (Å²) in [5, 5.41) is 1.55. The molecule has 1 heterocycles. The van der Waals surface area contributed by atoms with Crippen molar-refractivity contribution in [3.63, 3.8) is 0 Å². The zero-order valence-electron chi connectivity index (χ0n) is 7.35. The van der Waals surface area contributed by atoms with Crippen molar-refractivity contribution >= 4 is 46.4 Å². The van der Waals surface area contributed by atoms with Crippen LogP contribution >= 0.6 is 46.4 Å². The third-order valence-corrected chi connectivity index (χ3v) is 3.51. The molecule has 15 heavy (non-hydrogen) atoms. The van der Waals surface area contributed by atoms with Crippen molar-refractivity contribution in [2.45, 2.75) is 0 Å². The molecular formula is C10H5Cl4N. The normalized spacial score (nSPS) is 10.7. The quantitative estimate of drug-likeness (QED) is 0.641. The topological polar surface area (TPSA) is 4.93 Å². The predicted octanol–water partition coefficient (Wildman–Crippen LogP) is 5.09. The monoisotopic (exact) mass is 279 g/mol. The number of aromatic nitrogens is 1. The second-order valence-corrected chi connectivity index (χ2v) is 4.48. The molecule has 0 aliphatic heterocycles. The first-order valence-corrected chi connectivity index (χ1v) is 5.59. The minimum atomic E-state index is 0.384. The van der Waals surface area contributed by atoms with Crippen LogP contribution in [0.4, 0.5) is 0 Å². The van der Waals surface area contributed by atoms with Gasteiger partial charge in [-0.1, -0.05) is 46.4 Å². The van der Waals surface area contributed by atoms with Crippen molar-refractivity contribution < 1.29 is 0 Å². The summed E-state index contributed by atoms with van der Waals surface area (Å²) in [7, 11) is 0. The summed E-state index contributed by atoms with van der Waals surface area (Å²) in [6.45, 7) is 0. The first-order valence-electron chi connectivity index (χ1n) is 4.07. The van der Waals surface area contributed by atoms with E-state index >= 15 is 0 Å². The molecule has 0 bridgehead atoms. The van der Waals surface area contributed by atoms with Crippen LogP contribution in [-0.4, -0.2) is 4.57 Å². The van der Waals surface area contributed by atoms with E-state index in [0.29, 0.717) is 25.8 Å². The van der Waals surface area contributed by atoms with E-state index in [1.807, 2.05) is 24.5 Å². The Bertz CT molecular complexity index is 464. The Morgan fingerprint density at radius 2 is 1.27 bits per heavy atom. The Morgan fingerprint density at radius 1 is 0.800 bits per heavy atom. The molecule has 0 aliphatic carbocycles. The van der Waals surface area contributed by atoms with Gasteiger partial charge in [0.15, 0.2) is 0 Å². The van der Waals surface area contributed by atoms with Crippen molar-refractivity contribution in [3.05, 3.63) is 50.7 Å². The Kier molecular flexibility index (Phi) is 3.17. The lowest BCUT2D eigenvalue weighted by atomic mass is 10.3. The average molecular weight is 281 g/mol. The van der Waals surface area contributed by atoms with Gasteiger partial charge in [0.2, 0.25) is 0 Å². The second kappa shape index (κ2) is 4.26. The highest BCUT2D eigenvalue weighted by molar-refractivity contribution is 6.49. The molecule has 1 aromatic carbocycles. The van der Waals surface area contributed by atoms with Crippen molar-refractivity contribution in [1.29, 1.82) is 0 Å². The highest BCUT2D eigenvalue weighted by Crippen LogP contribution is 2.39. The van der Waals surface area contributed by atoms with Gasteiger partial charge in [-0.15, -0.1) is 0 Å². The van der Waals surface area contributed by atoms with E-state index in [0.717, 1.165) is 0 Å². The molecule has 0 N–H and O–H groups in total. The smallest absolute Gasteiger partial charge is 0.0856 e. The number of hydrogen-bond acceptors (Lipinski definition) is 0. The number of benzene rings is 1. The molecule has 2 aromatic rings. The van der Waals surface area contributed by atoms with Crippen molar-refractivity contribution in [2.75, 3.05) is 0 Å². The van der Waals surface area contributed by atoms with Gasteiger partial charge in [-0.3, -0.25) is 0 Å². The van der Waals surface area contributed by atoms with Crippen LogP contribution in [0.2, 0.25) is 20.1 Å². The maximum Gasteiger partial charge on any atom is 0.0856 e. The van der Waals surface area contributed by atoms with Gasteiger partial charge in [-0.25, -0.2) is 0 Å². The van der Waals surface area contributed by atoms with Gasteiger partial charge in [0, 0.05) is 12.4 Å². The van der Waals surface area contributed by atoms with Crippen LogP contribution in [0.5, 0.6) is 0 Å². The number of rotatable bonds is 1. The van der Waals surface area contributed by atoms with Crippen LogP contribution in [0.3, 0.4) is 0 Å². The summed E-state index contributed by atoms with van der Waals surface area (Å²) in [6.07, 6.45) is 3.64. The standard InChI is InChI=1S/C10H5Cl4N/c11-6-5-7(12)9(14)10(8(6)13)15-3-1-2-4-15/h1-5H. The largest absolute Gasteiger partial charge is 0.321 e. The molecule has 2 rings (SSSR count). The second-order valence-electron chi connectivity index (χ2n) is 2.91. The minimum absolute atomic E-state index is 0.384. The maximum atomic E-state index is 6.07. The lowest BCUT2D eigenvalue weighted by molar-refractivity contribution is 1.08. The van der Waals surface area contributed by atoms with E-state index in [1.165, 1.54) is 6.07 Å². The average Bonchev–Trinajstić information content (AvgIpc) is 2.69. The van der Waals surface area contributed by atoms with E-state index in [4.69, 9.17) is 46.4 Å². The summed E-state index contributed by atoms with van der Waals surface area (Å²) in [4.78, 5) is 0. The molecule has 0 saturated carbocycles. The maximum absolute atomic E-state index is 6.07. The fourth-order valence-corrected chi connectivity index (χ4v) is 2.27. The molecule has 0 spiro atoms. The highest BCUT2D eigenvalue weighted by atomic mass is 35.5. The molecule has 5 heteroatoms. The molecular weight excluding hydrogens is 276 g/mol. The summed E-state index contributed by atoms with van der Waals surface area (Å²) in [5.74, 6) is 0. The summed E-state index contributed by atoms with van der Waals surface area (Å²) < 4.78 is 1.77. The molecule has 1 aromatic heterocycles.